The number of halogens is 3. The van der Waals surface area contributed by atoms with Crippen LogP contribution in [-0.4, -0.2) is 53.0 Å². The van der Waals surface area contributed by atoms with Gasteiger partial charge in [0.25, 0.3) is 0 Å². The number of Topliss-reactive ketones (excluding diaryl/α,β-unsaturated/α-hetero) is 1. The number of aryl methyl sites for hydroxylation is 1. The number of ketones is 1. The lowest BCUT2D eigenvalue weighted by Crippen LogP contribution is -2.49. The first kappa shape index (κ1) is 22.6. The van der Waals surface area contributed by atoms with Crippen molar-refractivity contribution in [1.29, 1.82) is 0 Å². The van der Waals surface area contributed by atoms with Crippen LogP contribution < -0.4 is 0 Å². The number of carbonyl (C=O) groups excluding carboxylic acids is 1. The summed E-state index contributed by atoms with van der Waals surface area (Å²) < 4.78 is 43.2. The highest BCUT2D eigenvalue weighted by Gasteiger charge is 2.42. The summed E-state index contributed by atoms with van der Waals surface area (Å²) >= 11 is 0. The molecule has 4 aromatic rings. The molecule has 36 heavy (non-hydrogen) atoms. The number of rotatable bonds is 5. The van der Waals surface area contributed by atoms with Crippen LogP contribution in [0.25, 0.3) is 16.9 Å². The predicted octanol–water partition coefficient (Wildman–Crippen LogP) is 3.81. The zero-order valence-electron chi connectivity index (χ0n) is 19.4. The second-order valence-electron chi connectivity index (χ2n) is 9.18. The molecule has 0 spiro atoms. The molecule has 1 fully saturated rings. The lowest BCUT2D eigenvalue weighted by Gasteiger charge is -2.45. The Bertz CT molecular complexity index is 1440. The van der Waals surface area contributed by atoms with E-state index in [0.29, 0.717) is 17.8 Å². The molecule has 2 bridgehead atoms. The summed E-state index contributed by atoms with van der Waals surface area (Å²) in [6, 6.07) is 5.42. The van der Waals surface area contributed by atoms with Gasteiger partial charge in [0.15, 0.2) is 23.2 Å². The molecular weight excluding hydrogens is 471 g/mol. The zero-order chi connectivity index (χ0) is 25.0. The summed E-state index contributed by atoms with van der Waals surface area (Å²) in [5, 5.41) is 13.0. The summed E-state index contributed by atoms with van der Waals surface area (Å²) in [5.41, 5.74) is 3.29. The van der Waals surface area contributed by atoms with Crippen LogP contribution in [0.1, 0.15) is 47.1 Å². The molecule has 0 saturated carbocycles. The third-order valence-electron chi connectivity index (χ3n) is 7.08. The molecule has 0 unspecified atom stereocenters. The van der Waals surface area contributed by atoms with Gasteiger partial charge in [0.05, 0.1) is 36.4 Å². The number of nitrogens with zero attached hydrogens (tertiary/aromatic N) is 7. The van der Waals surface area contributed by atoms with Crippen molar-refractivity contribution in [2.45, 2.75) is 37.8 Å². The summed E-state index contributed by atoms with van der Waals surface area (Å²) in [6.07, 6.45) is 7.87. The van der Waals surface area contributed by atoms with Crippen LogP contribution in [0.15, 0.2) is 42.9 Å². The van der Waals surface area contributed by atoms with E-state index in [1.807, 2.05) is 0 Å². The fraction of sp³-hybridized carbons (Fsp3) is 0.320. The number of piperidine rings is 1. The molecule has 3 aromatic heterocycles. The third-order valence-corrected chi connectivity index (χ3v) is 7.08. The van der Waals surface area contributed by atoms with Crippen LogP contribution >= 0.6 is 0 Å². The Kier molecular flexibility index (Phi) is 5.44. The van der Waals surface area contributed by atoms with Gasteiger partial charge in [-0.3, -0.25) is 19.4 Å². The van der Waals surface area contributed by atoms with Crippen molar-refractivity contribution in [3.8, 4) is 16.9 Å². The standard InChI is InChI=1S/C25H22F3N7O/c1-33-25(14-10-17(26)22(28)18(27)11-14)16-12-15-4-2-5-19(23(16)32-33)34(15)13-21(36)24-20(6-3-7-29-24)35-30-8-9-31-35/h3,6-11,15,19H,2,4-5,12-13H2,1H3/t15-,19+/m1/s1. The molecule has 1 aromatic carbocycles. The third kappa shape index (κ3) is 3.62. The van der Waals surface area contributed by atoms with Gasteiger partial charge >= 0.3 is 0 Å². The van der Waals surface area contributed by atoms with Crippen LogP contribution in [0.4, 0.5) is 13.2 Å². The van der Waals surface area contributed by atoms with E-state index < -0.39 is 17.5 Å². The van der Waals surface area contributed by atoms with Gasteiger partial charge in [-0.1, -0.05) is 0 Å². The van der Waals surface area contributed by atoms with Gasteiger partial charge in [0.2, 0.25) is 0 Å². The number of fused-ring (bicyclic) bond motifs is 4. The summed E-state index contributed by atoms with van der Waals surface area (Å²) in [6.45, 7) is 0.145. The second kappa shape index (κ2) is 8.66. The van der Waals surface area contributed by atoms with Gasteiger partial charge < -0.3 is 0 Å². The smallest absolute Gasteiger partial charge is 0.197 e. The highest BCUT2D eigenvalue weighted by molar-refractivity contribution is 5.99. The van der Waals surface area contributed by atoms with E-state index in [1.54, 1.807) is 30.1 Å². The molecule has 0 amide bonds. The predicted molar refractivity (Wildman–Crippen MR) is 123 cm³/mol. The van der Waals surface area contributed by atoms with E-state index in [0.717, 1.165) is 42.7 Å². The van der Waals surface area contributed by atoms with Crippen molar-refractivity contribution in [2.24, 2.45) is 7.05 Å². The maximum atomic E-state index is 14.0. The van der Waals surface area contributed by atoms with E-state index in [9.17, 15) is 18.0 Å². The monoisotopic (exact) mass is 493 g/mol. The Hall–Kier alpha value is -3.86. The van der Waals surface area contributed by atoms with Gasteiger partial charge in [0, 0.05) is 30.4 Å². The molecule has 11 heteroatoms. The first-order valence-electron chi connectivity index (χ1n) is 11.7. The molecule has 0 radical (unpaired) electrons. The highest BCUT2D eigenvalue weighted by atomic mass is 19.2. The molecule has 0 aliphatic carbocycles. The Balaban J connectivity index is 1.35. The van der Waals surface area contributed by atoms with Gasteiger partial charge in [-0.05, 0) is 49.9 Å². The van der Waals surface area contributed by atoms with Crippen LogP contribution in [0.2, 0.25) is 0 Å². The number of hydrogen-bond acceptors (Lipinski definition) is 6. The average molecular weight is 493 g/mol. The minimum Gasteiger partial charge on any atom is -0.291 e. The number of pyridine rings is 1. The fourth-order valence-corrected chi connectivity index (χ4v) is 5.59. The summed E-state index contributed by atoms with van der Waals surface area (Å²) in [4.78, 5) is 21.3. The minimum atomic E-state index is -1.49. The van der Waals surface area contributed by atoms with E-state index in [2.05, 4.69) is 20.1 Å². The normalized spacial score (nSPS) is 19.3. The van der Waals surface area contributed by atoms with Crippen molar-refractivity contribution in [3.63, 3.8) is 0 Å². The van der Waals surface area contributed by atoms with Crippen LogP contribution in [0, 0.1) is 17.5 Å². The highest BCUT2D eigenvalue weighted by Crippen LogP contribution is 2.44. The SMILES string of the molecule is Cn1nc2c(c1-c1cc(F)c(F)c(F)c1)C[C@H]1CCC[C@@H]2N1CC(=O)c1ncccc1-n1nccn1. The molecular formula is C25H22F3N7O. The van der Waals surface area contributed by atoms with Gasteiger partial charge in [0.1, 0.15) is 11.4 Å². The van der Waals surface area contributed by atoms with E-state index >= 15 is 0 Å². The minimum absolute atomic E-state index is 0.0493. The van der Waals surface area contributed by atoms with Crippen molar-refractivity contribution in [2.75, 3.05) is 6.54 Å². The number of carbonyl (C=O) groups is 1. The lowest BCUT2D eigenvalue weighted by molar-refractivity contribution is 0.0559. The second-order valence-corrected chi connectivity index (χ2v) is 9.18. The average Bonchev–Trinajstić information content (AvgIpc) is 3.50. The number of hydrogen-bond donors (Lipinski definition) is 0. The molecule has 5 heterocycles. The van der Waals surface area contributed by atoms with E-state index in [4.69, 9.17) is 5.10 Å². The molecule has 8 nitrogen and oxygen atoms in total. The molecule has 1 saturated heterocycles. The molecule has 2 aliphatic heterocycles. The largest absolute Gasteiger partial charge is 0.291 e. The lowest BCUT2D eigenvalue weighted by atomic mass is 9.81. The van der Waals surface area contributed by atoms with Crippen molar-refractivity contribution in [3.05, 3.63) is 77.3 Å². The number of benzene rings is 1. The van der Waals surface area contributed by atoms with Gasteiger partial charge in [-0.15, -0.1) is 4.80 Å². The Labute approximate surface area is 204 Å². The maximum absolute atomic E-state index is 14.0. The molecule has 2 atom stereocenters. The Morgan fingerprint density at radius 2 is 1.83 bits per heavy atom. The van der Waals surface area contributed by atoms with Crippen LogP contribution in [0.3, 0.4) is 0 Å². The van der Waals surface area contributed by atoms with Crippen molar-refractivity contribution in [1.82, 2.24) is 34.7 Å². The molecule has 0 N–H and O–H groups in total. The van der Waals surface area contributed by atoms with Crippen LogP contribution in [0.5, 0.6) is 0 Å². The first-order chi connectivity index (χ1) is 17.4. The molecule has 2 aliphatic rings. The molecule has 184 valence electrons. The quantitative estimate of drug-likeness (QED) is 0.311. The number of aromatic nitrogens is 6. The Morgan fingerprint density at radius 1 is 1.08 bits per heavy atom. The zero-order valence-corrected chi connectivity index (χ0v) is 19.4. The fourth-order valence-electron chi connectivity index (χ4n) is 5.59. The summed E-state index contributed by atoms with van der Waals surface area (Å²) in [5.74, 6) is -4.11. The first-order valence-corrected chi connectivity index (χ1v) is 11.7. The van der Waals surface area contributed by atoms with Crippen LogP contribution in [-0.2, 0) is 13.5 Å². The molecule has 6 rings (SSSR count). The van der Waals surface area contributed by atoms with E-state index in [1.165, 1.54) is 17.2 Å². The van der Waals surface area contributed by atoms with Gasteiger partial charge in [-0.25, -0.2) is 13.2 Å². The maximum Gasteiger partial charge on any atom is 0.197 e. The van der Waals surface area contributed by atoms with Crippen molar-refractivity contribution >= 4 is 5.78 Å². The van der Waals surface area contributed by atoms with E-state index in [-0.39, 0.29) is 35.7 Å². The van der Waals surface area contributed by atoms with Crippen molar-refractivity contribution < 1.29 is 18.0 Å². The Morgan fingerprint density at radius 3 is 2.58 bits per heavy atom. The topological polar surface area (TPSA) is 81.7 Å². The van der Waals surface area contributed by atoms with Gasteiger partial charge in [-0.2, -0.15) is 15.3 Å². The summed E-state index contributed by atoms with van der Waals surface area (Å²) in [7, 11) is 1.71.